The molecule has 1 amide bonds. The Balaban J connectivity index is 1.64. The summed E-state index contributed by atoms with van der Waals surface area (Å²) in [6.07, 6.45) is 2.46. The molecular formula is C18H18N4O3S3. The molecule has 0 aliphatic carbocycles. The fourth-order valence-corrected chi connectivity index (χ4v) is 4.67. The minimum absolute atomic E-state index is 0.146. The lowest BCUT2D eigenvalue weighted by Gasteiger charge is -2.08. The van der Waals surface area contributed by atoms with Crippen molar-refractivity contribution < 1.29 is 14.3 Å². The second-order valence-electron chi connectivity index (χ2n) is 5.55. The van der Waals surface area contributed by atoms with Gasteiger partial charge in [0.1, 0.15) is 10.8 Å². The number of allylic oxidation sites excluding steroid dienone is 1. The van der Waals surface area contributed by atoms with Gasteiger partial charge in [-0.15, -0.1) is 39.4 Å². The number of hydrogen-bond donors (Lipinski definition) is 1. The topological polar surface area (TPSA) is 86.1 Å². The number of carbonyl (C=O) groups excluding carboxylic acids is 2. The van der Waals surface area contributed by atoms with E-state index >= 15 is 0 Å². The fraction of sp³-hybridized carbons (Fsp3) is 0.222. The number of rotatable bonds is 9. The lowest BCUT2D eigenvalue weighted by molar-refractivity contribution is -0.113. The largest absolute Gasteiger partial charge is 0.465 e. The SMILES string of the molecule is C=CCn1c(Cc2cccs2)nnc1SCC(=O)Nc1sccc1C(=O)OC. The highest BCUT2D eigenvalue weighted by Gasteiger charge is 2.17. The number of methoxy groups -OCH3 is 1. The molecule has 0 saturated heterocycles. The fourth-order valence-electron chi connectivity index (χ4n) is 2.41. The lowest BCUT2D eigenvalue weighted by Crippen LogP contribution is -2.16. The van der Waals surface area contributed by atoms with Gasteiger partial charge in [0.15, 0.2) is 5.16 Å². The molecular weight excluding hydrogens is 416 g/mol. The third kappa shape index (κ3) is 4.89. The van der Waals surface area contributed by atoms with Gasteiger partial charge in [0.05, 0.1) is 18.4 Å². The third-order valence-corrected chi connectivity index (χ3v) is 6.35. The molecule has 7 nitrogen and oxygen atoms in total. The van der Waals surface area contributed by atoms with Gasteiger partial charge in [-0.1, -0.05) is 23.9 Å². The first kappa shape index (κ1) is 20.3. The summed E-state index contributed by atoms with van der Waals surface area (Å²) in [7, 11) is 1.31. The second kappa shape index (κ2) is 9.67. The third-order valence-electron chi connectivity index (χ3n) is 3.67. The van der Waals surface area contributed by atoms with Crippen molar-refractivity contribution in [2.45, 2.75) is 18.1 Å². The number of carbonyl (C=O) groups is 2. The van der Waals surface area contributed by atoms with Crippen molar-refractivity contribution in [1.82, 2.24) is 14.8 Å². The van der Waals surface area contributed by atoms with E-state index in [1.165, 1.54) is 35.1 Å². The van der Waals surface area contributed by atoms with Crippen LogP contribution >= 0.6 is 34.4 Å². The maximum atomic E-state index is 12.3. The number of amides is 1. The Morgan fingerprint density at radius 2 is 2.18 bits per heavy atom. The molecule has 28 heavy (non-hydrogen) atoms. The maximum absolute atomic E-state index is 12.3. The Morgan fingerprint density at radius 3 is 2.89 bits per heavy atom. The number of hydrogen-bond acceptors (Lipinski definition) is 8. The maximum Gasteiger partial charge on any atom is 0.340 e. The first-order chi connectivity index (χ1) is 13.6. The molecule has 0 atom stereocenters. The van der Waals surface area contributed by atoms with Crippen molar-refractivity contribution in [1.29, 1.82) is 0 Å². The van der Waals surface area contributed by atoms with Crippen LogP contribution < -0.4 is 5.32 Å². The number of ether oxygens (including phenoxy) is 1. The molecule has 0 bridgehead atoms. The van der Waals surface area contributed by atoms with Crippen LogP contribution in [-0.4, -0.2) is 39.5 Å². The van der Waals surface area contributed by atoms with Crippen LogP contribution in [0.3, 0.4) is 0 Å². The van der Waals surface area contributed by atoms with Gasteiger partial charge >= 0.3 is 5.97 Å². The summed E-state index contributed by atoms with van der Waals surface area (Å²) in [4.78, 5) is 25.2. The zero-order chi connectivity index (χ0) is 19.9. The van der Waals surface area contributed by atoms with E-state index < -0.39 is 5.97 Å². The van der Waals surface area contributed by atoms with E-state index in [0.717, 1.165) is 5.82 Å². The molecule has 3 rings (SSSR count). The van der Waals surface area contributed by atoms with Crippen molar-refractivity contribution in [3.8, 4) is 0 Å². The van der Waals surface area contributed by atoms with Crippen LogP contribution in [0.15, 0.2) is 46.8 Å². The number of thioether (sulfide) groups is 1. The first-order valence-electron chi connectivity index (χ1n) is 8.26. The van der Waals surface area contributed by atoms with Crippen LogP contribution in [0.1, 0.15) is 21.1 Å². The summed E-state index contributed by atoms with van der Waals surface area (Å²) in [5.74, 6) is 0.266. The summed E-state index contributed by atoms with van der Waals surface area (Å²) < 4.78 is 6.67. The van der Waals surface area contributed by atoms with E-state index in [4.69, 9.17) is 4.74 Å². The van der Waals surface area contributed by atoms with E-state index in [9.17, 15) is 9.59 Å². The van der Waals surface area contributed by atoms with Crippen LogP contribution in [0, 0.1) is 0 Å². The average Bonchev–Trinajstić information content (AvgIpc) is 3.43. The normalized spacial score (nSPS) is 10.6. The van der Waals surface area contributed by atoms with Gasteiger partial charge in [-0.05, 0) is 22.9 Å². The van der Waals surface area contributed by atoms with Crippen molar-refractivity contribution >= 4 is 51.3 Å². The van der Waals surface area contributed by atoms with Crippen molar-refractivity contribution in [3.05, 3.63) is 57.9 Å². The van der Waals surface area contributed by atoms with Crippen LogP contribution in [0.25, 0.3) is 0 Å². The Hall–Kier alpha value is -2.43. The zero-order valence-corrected chi connectivity index (χ0v) is 17.5. The molecule has 0 fully saturated rings. The predicted octanol–water partition coefficient (Wildman–Crippen LogP) is 3.70. The van der Waals surface area contributed by atoms with Gasteiger partial charge in [-0.3, -0.25) is 4.79 Å². The molecule has 0 saturated carbocycles. The summed E-state index contributed by atoms with van der Waals surface area (Å²) >= 11 is 4.23. The van der Waals surface area contributed by atoms with Gasteiger partial charge in [-0.25, -0.2) is 4.79 Å². The summed E-state index contributed by atoms with van der Waals surface area (Å²) in [6, 6.07) is 5.68. The molecule has 3 heterocycles. The Bertz CT molecular complexity index is 963. The van der Waals surface area contributed by atoms with E-state index in [-0.39, 0.29) is 11.7 Å². The molecule has 3 aromatic rings. The molecule has 0 aromatic carbocycles. The Morgan fingerprint density at radius 1 is 1.32 bits per heavy atom. The number of aromatic nitrogens is 3. The van der Waals surface area contributed by atoms with Gasteiger partial charge in [-0.2, -0.15) is 0 Å². The molecule has 0 aliphatic rings. The number of thiophene rings is 2. The second-order valence-corrected chi connectivity index (χ2v) is 8.44. The minimum Gasteiger partial charge on any atom is -0.465 e. The molecule has 0 radical (unpaired) electrons. The summed E-state index contributed by atoms with van der Waals surface area (Å²) in [5.41, 5.74) is 0.346. The molecule has 3 aromatic heterocycles. The van der Waals surface area contributed by atoms with Gasteiger partial charge in [0.25, 0.3) is 0 Å². The van der Waals surface area contributed by atoms with Gasteiger partial charge in [0.2, 0.25) is 5.91 Å². The summed E-state index contributed by atoms with van der Waals surface area (Å²) in [5, 5.41) is 16.1. The smallest absolute Gasteiger partial charge is 0.340 e. The monoisotopic (exact) mass is 434 g/mol. The van der Waals surface area contributed by atoms with Crippen molar-refractivity contribution in [2.75, 3.05) is 18.2 Å². The van der Waals surface area contributed by atoms with E-state index in [1.807, 2.05) is 16.0 Å². The molecule has 1 N–H and O–H groups in total. The van der Waals surface area contributed by atoms with Gasteiger partial charge < -0.3 is 14.6 Å². The zero-order valence-electron chi connectivity index (χ0n) is 15.1. The molecule has 0 unspecified atom stereocenters. The molecule has 0 aliphatic heterocycles. The molecule has 0 spiro atoms. The highest BCUT2D eigenvalue weighted by Crippen LogP contribution is 2.25. The standard InChI is InChI=1S/C18H18N4O3S3/c1-3-7-22-14(10-12-5-4-8-26-12)20-21-18(22)28-11-15(23)19-16-13(6-9-27-16)17(24)25-2/h3-6,8-9H,1,7,10-11H2,2H3,(H,19,23). The Kier molecular flexibility index (Phi) is 7.01. The number of anilines is 1. The Labute approximate surface area is 174 Å². The van der Waals surface area contributed by atoms with Crippen LogP contribution in [0.2, 0.25) is 0 Å². The first-order valence-corrected chi connectivity index (χ1v) is 11.0. The van der Waals surface area contributed by atoms with Crippen LogP contribution in [0.5, 0.6) is 0 Å². The van der Waals surface area contributed by atoms with E-state index in [0.29, 0.717) is 28.7 Å². The highest BCUT2D eigenvalue weighted by molar-refractivity contribution is 7.99. The van der Waals surface area contributed by atoms with E-state index in [2.05, 4.69) is 28.2 Å². The predicted molar refractivity (Wildman–Crippen MR) is 112 cm³/mol. The number of nitrogens with zero attached hydrogens (tertiary/aromatic N) is 3. The highest BCUT2D eigenvalue weighted by atomic mass is 32.2. The quantitative estimate of drug-likeness (QED) is 0.314. The number of nitrogens with one attached hydrogen (secondary N) is 1. The van der Waals surface area contributed by atoms with E-state index in [1.54, 1.807) is 28.9 Å². The van der Waals surface area contributed by atoms with Gasteiger partial charge in [0, 0.05) is 17.8 Å². The minimum atomic E-state index is -0.479. The summed E-state index contributed by atoms with van der Waals surface area (Å²) in [6.45, 7) is 4.35. The average molecular weight is 435 g/mol. The van der Waals surface area contributed by atoms with Crippen molar-refractivity contribution in [2.24, 2.45) is 0 Å². The van der Waals surface area contributed by atoms with Crippen LogP contribution in [-0.2, 0) is 22.5 Å². The lowest BCUT2D eigenvalue weighted by atomic mass is 10.3. The number of esters is 1. The van der Waals surface area contributed by atoms with Crippen molar-refractivity contribution in [3.63, 3.8) is 0 Å². The molecule has 146 valence electrons. The molecule has 10 heteroatoms. The van der Waals surface area contributed by atoms with Crippen LogP contribution in [0.4, 0.5) is 5.00 Å².